The zero-order valence-electron chi connectivity index (χ0n) is 13.7. The second-order valence-corrected chi connectivity index (χ2v) is 5.92. The van der Waals surface area contributed by atoms with Crippen molar-refractivity contribution in [1.29, 1.82) is 0 Å². The van der Waals surface area contributed by atoms with Crippen LogP contribution in [-0.4, -0.2) is 24.3 Å². The van der Waals surface area contributed by atoms with E-state index in [9.17, 15) is 14.4 Å². The lowest BCUT2D eigenvalue weighted by molar-refractivity contribution is -0.121. The first-order valence-corrected chi connectivity index (χ1v) is 8.13. The van der Waals surface area contributed by atoms with E-state index >= 15 is 0 Å². The maximum atomic E-state index is 12.5. The fourth-order valence-electron chi connectivity index (χ4n) is 3.00. The van der Waals surface area contributed by atoms with Gasteiger partial charge in [0, 0.05) is 12.1 Å². The summed E-state index contributed by atoms with van der Waals surface area (Å²) in [5.74, 6) is -1.07. The molecule has 0 saturated heterocycles. The van der Waals surface area contributed by atoms with Crippen LogP contribution >= 0.6 is 0 Å². The van der Waals surface area contributed by atoms with Crippen molar-refractivity contribution in [2.75, 3.05) is 16.8 Å². The van der Waals surface area contributed by atoms with Gasteiger partial charge in [-0.1, -0.05) is 30.3 Å². The third-order valence-corrected chi connectivity index (χ3v) is 4.19. The average Bonchev–Trinajstić information content (AvgIpc) is 2.75. The first-order valence-electron chi connectivity index (χ1n) is 8.13. The van der Waals surface area contributed by atoms with Gasteiger partial charge in [0.1, 0.15) is 6.54 Å². The maximum absolute atomic E-state index is 12.5. The second-order valence-electron chi connectivity index (χ2n) is 5.92. The molecule has 0 unspecified atom stereocenters. The summed E-state index contributed by atoms with van der Waals surface area (Å²) in [5.41, 5.74) is 7.72. The first kappa shape index (κ1) is 16.7. The number of para-hydroxylation sites is 2. The van der Waals surface area contributed by atoms with Gasteiger partial charge < -0.3 is 16.0 Å². The Balaban J connectivity index is 1.81. The number of amides is 3. The highest BCUT2D eigenvalue weighted by molar-refractivity contribution is 6.06. The number of primary amides is 1. The molecule has 0 fully saturated rings. The Labute approximate surface area is 145 Å². The zero-order chi connectivity index (χ0) is 17.8. The molecule has 0 aromatic heterocycles. The van der Waals surface area contributed by atoms with Crippen LogP contribution in [0, 0.1) is 0 Å². The predicted octanol–water partition coefficient (Wildman–Crippen LogP) is 2.09. The third-order valence-electron chi connectivity index (χ3n) is 4.19. The van der Waals surface area contributed by atoms with Crippen LogP contribution in [0.4, 0.5) is 11.4 Å². The SMILES string of the molecule is NC(=O)c1ccccc1NC(=O)CN1C(=O)CCCc2ccccc21. The topological polar surface area (TPSA) is 92.5 Å². The molecule has 1 aliphatic rings. The number of carbonyl (C=O) groups excluding carboxylic acids is 3. The lowest BCUT2D eigenvalue weighted by atomic mass is 10.1. The van der Waals surface area contributed by atoms with Crippen molar-refractivity contribution in [2.24, 2.45) is 5.73 Å². The first-order chi connectivity index (χ1) is 12.1. The zero-order valence-corrected chi connectivity index (χ0v) is 13.7. The number of nitrogens with zero attached hydrogens (tertiary/aromatic N) is 1. The van der Waals surface area contributed by atoms with Crippen molar-refractivity contribution in [2.45, 2.75) is 19.3 Å². The molecule has 0 radical (unpaired) electrons. The molecular weight excluding hydrogens is 318 g/mol. The monoisotopic (exact) mass is 337 g/mol. The van der Waals surface area contributed by atoms with Crippen LogP contribution in [-0.2, 0) is 16.0 Å². The third kappa shape index (κ3) is 3.68. The Kier molecular flexibility index (Phi) is 4.79. The van der Waals surface area contributed by atoms with E-state index in [0.29, 0.717) is 12.1 Å². The molecule has 1 heterocycles. The molecule has 2 aromatic carbocycles. The summed E-state index contributed by atoms with van der Waals surface area (Å²) >= 11 is 0. The van der Waals surface area contributed by atoms with Crippen LogP contribution in [0.1, 0.15) is 28.8 Å². The summed E-state index contributed by atoms with van der Waals surface area (Å²) in [7, 11) is 0. The van der Waals surface area contributed by atoms with Crippen molar-refractivity contribution in [3.8, 4) is 0 Å². The molecule has 2 aromatic rings. The number of hydrogen-bond acceptors (Lipinski definition) is 3. The van der Waals surface area contributed by atoms with Crippen LogP contribution in [0.25, 0.3) is 0 Å². The van der Waals surface area contributed by atoms with E-state index in [-0.39, 0.29) is 23.9 Å². The summed E-state index contributed by atoms with van der Waals surface area (Å²) in [4.78, 5) is 37.8. The normalized spacial score (nSPS) is 13.8. The van der Waals surface area contributed by atoms with Crippen LogP contribution in [0.2, 0.25) is 0 Å². The van der Waals surface area contributed by atoms with E-state index in [1.165, 1.54) is 4.90 Å². The van der Waals surface area contributed by atoms with E-state index in [0.717, 1.165) is 24.1 Å². The predicted molar refractivity (Wildman–Crippen MR) is 95.3 cm³/mol. The number of nitrogens with two attached hydrogens (primary N) is 1. The lowest BCUT2D eigenvalue weighted by Gasteiger charge is -2.22. The number of rotatable bonds is 4. The highest BCUT2D eigenvalue weighted by Gasteiger charge is 2.24. The number of benzene rings is 2. The Bertz CT molecular complexity index is 832. The Hall–Kier alpha value is -3.15. The van der Waals surface area contributed by atoms with E-state index in [2.05, 4.69) is 5.32 Å². The smallest absolute Gasteiger partial charge is 0.250 e. The molecule has 128 valence electrons. The largest absolute Gasteiger partial charge is 0.366 e. The van der Waals surface area contributed by atoms with Gasteiger partial charge in [0.05, 0.1) is 11.3 Å². The van der Waals surface area contributed by atoms with Crippen LogP contribution < -0.4 is 16.0 Å². The van der Waals surface area contributed by atoms with E-state index < -0.39 is 5.91 Å². The molecule has 1 aliphatic heterocycles. The minimum absolute atomic E-state index is 0.0803. The fourth-order valence-corrected chi connectivity index (χ4v) is 3.00. The standard InChI is InChI=1S/C19H19N3O3/c20-19(25)14-8-2-3-9-15(14)21-17(23)12-22-16-10-4-1-6-13(16)7-5-11-18(22)24/h1-4,6,8-10H,5,7,11-12H2,(H2,20,25)(H,21,23). The molecule has 0 atom stereocenters. The number of hydrogen-bond donors (Lipinski definition) is 2. The van der Waals surface area contributed by atoms with Gasteiger partial charge in [-0.3, -0.25) is 14.4 Å². The van der Waals surface area contributed by atoms with Gasteiger partial charge in [-0.25, -0.2) is 0 Å². The van der Waals surface area contributed by atoms with Crippen LogP contribution in [0.15, 0.2) is 48.5 Å². The van der Waals surface area contributed by atoms with E-state index in [1.54, 1.807) is 24.3 Å². The Morgan fingerprint density at radius 1 is 1.04 bits per heavy atom. The Morgan fingerprint density at radius 2 is 1.76 bits per heavy atom. The fraction of sp³-hybridized carbons (Fsp3) is 0.211. The Morgan fingerprint density at radius 3 is 2.56 bits per heavy atom. The number of anilines is 2. The van der Waals surface area contributed by atoms with Crippen molar-refractivity contribution in [3.05, 3.63) is 59.7 Å². The van der Waals surface area contributed by atoms with Gasteiger partial charge in [-0.2, -0.15) is 0 Å². The van der Waals surface area contributed by atoms with Gasteiger partial charge in [0.15, 0.2) is 0 Å². The summed E-state index contributed by atoms with van der Waals surface area (Å²) in [5, 5.41) is 2.68. The molecule has 0 spiro atoms. The highest BCUT2D eigenvalue weighted by Crippen LogP contribution is 2.26. The van der Waals surface area contributed by atoms with Crippen LogP contribution in [0.3, 0.4) is 0 Å². The molecule has 25 heavy (non-hydrogen) atoms. The van der Waals surface area contributed by atoms with Crippen molar-refractivity contribution < 1.29 is 14.4 Å². The summed E-state index contributed by atoms with van der Waals surface area (Å²) < 4.78 is 0. The number of nitrogens with one attached hydrogen (secondary N) is 1. The maximum Gasteiger partial charge on any atom is 0.250 e. The molecule has 3 N–H and O–H groups in total. The van der Waals surface area contributed by atoms with E-state index in [1.807, 2.05) is 24.3 Å². The average molecular weight is 337 g/mol. The molecule has 3 amide bonds. The molecule has 6 nitrogen and oxygen atoms in total. The van der Waals surface area contributed by atoms with Crippen molar-refractivity contribution >= 4 is 29.1 Å². The molecule has 0 aliphatic carbocycles. The van der Waals surface area contributed by atoms with Gasteiger partial charge in [-0.15, -0.1) is 0 Å². The minimum atomic E-state index is -0.618. The number of fused-ring (bicyclic) bond motifs is 1. The van der Waals surface area contributed by atoms with Gasteiger partial charge in [0.2, 0.25) is 11.8 Å². The molecule has 0 saturated carbocycles. The highest BCUT2D eigenvalue weighted by atomic mass is 16.2. The van der Waals surface area contributed by atoms with Crippen LogP contribution in [0.5, 0.6) is 0 Å². The molecular formula is C19H19N3O3. The van der Waals surface area contributed by atoms with Gasteiger partial charge in [-0.05, 0) is 36.6 Å². The van der Waals surface area contributed by atoms with Gasteiger partial charge in [0.25, 0.3) is 5.91 Å². The summed E-state index contributed by atoms with van der Waals surface area (Å²) in [6.45, 7) is -0.108. The van der Waals surface area contributed by atoms with Gasteiger partial charge >= 0.3 is 0 Å². The molecule has 0 bridgehead atoms. The van der Waals surface area contributed by atoms with Crippen molar-refractivity contribution in [3.63, 3.8) is 0 Å². The summed E-state index contributed by atoms with van der Waals surface area (Å²) in [6, 6.07) is 14.1. The second kappa shape index (κ2) is 7.17. The number of carbonyl (C=O) groups is 3. The summed E-state index contributed by atoms with van der Waals surface area (Å²) in [6.07, 6.45) is 1.98. The minimum Gasteiger partial charge on any atom is -0.366 e. The molecule has 3 rings (SSSR count). The number of aryl methyl sites for hydroxylation is 1. The van der Waals surface area contributed by atoms with Crippen molar-refractivity contribution in [1.82, 2.24) is 0 Å². The molecule has 6 heteroatoms. The quantitative estimate of drug-likeness (QED) is 0.895. The lowest BCUT2D eigenvalue weighted by Crippen LogP contribution is -2.38. The van der Waals surface area contributed by atoms with E-state index in [4.69, 9.17) is 5.73 Å².